The van der Waals surface area contributed by atoms with Crippen LogP contribution in [0, 0.1) is 25.7 Å². The van der Waals surface area contributed by atoms with Crippen molar-refractivity contribution in [2.24, 2.45) is 11.8 Å². The number of hydrogen-bond donors (Lipinski definition) is 0. The van der Waals surface area contributed by atoms with Crippen LogP contribution in [0.5, 0.6) is 0 Å². The Labute approximate surface area is 259 Å². The zero-order chi connectivity index (χ0) is 29.3. The number of anilines is 4. The molecule has 3 heteroatoms. The first-order chi connectivity index (χ1) is 20.6. The molecule has 0 N–H and O–H groups in total. The predicted molar refractivity (Wildman–Crippen MR) is 182 cm³/mol. The Morgan fingerprint density at radius 1 is 0.651 bits per heavy atom. The minimum absolute atomic E-state index is 0.0965. The molecular formula is C40H47BN2. The highest BCUT2D eigenvalue weighted by Crippen LogP contribution is 2.66. The van der Waals surface area contributed by atoms with Crippen molar-refractivity contribution >= 4 is 45.9 Å². The summed E-state index contributed by atoms with van der Waals surface area (Å²) in [7, 11) is 0. The molecule has 220 valence electrons. The Hall–Kier alpha value is -2.68. The summed E-state index contributed by atoms with van der Waals surface area (Å²) in [5.74, 6) is 1.75. The molecule has 0 bridgehead atoms. The van der Waals surface area contributed by atoms with E-state index in [-0.39, 0.29) is 21.9 Å². The van der Waals surface area contributed by atoms with Gasteiger partial charge in [-0.2, -0.15) is 0 Å². The first-order valence-corrected chi connectivity index (χ1v) is 17.6. The maximum atomic E-state index is 2.96. The Balaban J connectivity index is 1.31. The van der Waals surface area contributed by atoms with Gasteiger partial charge in [0.2, 0.25) is 0 Å². The number of nitrogens with zero attached hydrogens (tertiary/aromatic N) is 2. The number of rotatable bonds is 0. The van der Waals surface area contributed by atoms with Crippen LogP contribution in [0.4, 0.5) is 22.7 Å². The summed E-state index contributed by atoms with van der Waals surface area (Å²) in [6.07, 6.45) is 13.7. The minimum Gasteiger partial charge on any atom is -0.335 e. The maximum Gasteiger partial charge on any atom is 0.252 e. The van der Waals surface area contributed by atoms with Gasteiger partial charge in [-0.05, 0) is 110 Å². The van der Waals surface area contributed by atoms with E-state index in [1.54, 1.807) is 38.9 Å². The SMILES string of the molecule is Cc1cc2c3c(c1)N1c4c(cc(C)cc4C4(C)CC5CCCCC5CC14C)B3c1cccc3c1N2C1(C)CCCCC31C. The van der Waals surface area contributed by atoms with E-state index in [0.717, 1.165) is 11.8 Å². The molecule has 4 aliphatic heterocycles. The quantitative estimate of drug-likeness (QED) is 0.255. The molecule has 3 aromatic rings. The van der Waals surface area contributed by atoms with Crippen LogP contribution in [0.25, 0.3) is 0 Å². The lowest BCUT2D eigenvalue weighted by Gasteiger charge is -2.57. The van der Waals surface area contributed by atoms with Gasteiger partial charge in [0, 0.05) is 33.6 Å². The summed E-state index contributed by atoms with van der Waals surface area (Å²) in [5, 5.41) is 0. The molecule has 3 saturated carbocycles. The lowest BCUT2D eigenvalue weighted by atomic mass is 9.33. The molecule has 3 fully saturated rings. The van der Waals surface area contributed by atoms with Crippen LogP contribution in [-0.2, 0) is 10.8 Å². The van der Waals surface area contributed by atoms with E-state index in [1.807, 2.05) is 0 Å². The molecular weight excluding hydrogens is 519 g/mol. The van der Waals surface area contributed by atoms with Crippen molar-refractivity contribution in [3.63, 3.8) is 0 Å². The molecule has 0 amide bonds. The average molecular weight is 567 g/mol. The third-order valence-electron chi connectivity index (χ3n) is 15.0. The first kappa shape index (κ1) is 25.6. The molecule has 3 aliphatic carbocycles. The van der Waals surface area contributed by atoms with E-state index in [1.165, 1.54) is 86.7 Å². The van der Waals surface area contributed by atoms with Crippen molar-refractivity contribution in [3.8, 4) is 0 Å². The zero-order valence-electron chi connectivity index (χ0n) is 27.2. The second-order valence-electron chi connectivity index (χ2n) is 16.9. The van der Waals surface area contributed by atoms with Crippen LogP contribution in [0.2, 0.25) is 0 Å². The number of hydrogen-bond acceptors (Lipinski definition) is 2. The summed E-state index contributed by atoms with van der Waals surface area (Å²) in [6.45, 7) is 15.6. The number of benzene rings is 3. The van der Waals surface area contributed by atoms with Crippen molar-refractivity contribution in [2.75, 3.05) is 9.80 Å². The molecule has 6 unspecified atom stereocenters. The largest absolute Gasteiger partial charge is 0.335 e. The second kappa shape index (κ2) is 7.75. The Morgan fingerprint density at radius 2 is 1.30 bits per heavy atom. The fourth-order valence-electron chi connectivity index (χ4n) is 12.7. The van der Waals surface area contributed by atoms with Crippen molar-refractivity contribution in [1.82, 2.24) is 0 Å². The van der Waals surface area contributed by atoms with E-state index in [2.05, 4.69) is 93.8 Å². The molecule has 0 aromatic heterocycles. The van der Waals surface area contributed by atoms with E-state index >= 15 is 0 Å². The van der Waals surface area contributed by atoms with Crippen molar-refractivity contribution < 1.29 is 0 Å². The van der Waals surface area contributed by atoms with Crippen LogP contribution in [0.15, 0.2) is 42.5 Å². The molecule has 6 atom stereocenters. The maximum absolute atomic E-state index is 2.96. The van der Waals surface area contributed by atoms with Gasteiger partial charge in [-0.1, -0.05) is 88.3 Å². The van der Waals surface area contributed by atoms with Crippen LogP contribution >= 0.6 is 0 Å². The number of fused-ring (bicyclic) bond motifs is 11. The molecule has 7 aliphatic rings. The van der Waals surface area contributed by atoms with Gasteiger partial charge in [-0.3, -0.25) is 0 Å². The summed E-state index contributed by atoms with van der Waals surface area (Å²) in [5.41, 5.74) is 17.7. The van der Waals surface area contributed by atoms with Gasteiger partial charge in [0.05, 0.1) is 11.1 Å². The van der Waals surface area contributed by atoms with Crippen LogP contribution in [0.1, 0.15) is 114 Å². The Morgan fingerprint density at radius 3 is 2.07 bits per heavy atom. The third kappa shape index (κ3) is 2.67. The summed E-state index contributed by atoms with van der Waals surface area (Å²) in [6, 6.07) is 17.8. The summed E-state index contributed by atoms with van der Waals surface area (Å²) >= 11 is 0. The smallest absolute Gasteiger partial charge is 0.252 e. The topological polar surface area (TPSA) is 6.48 Å². The minimum atomic E-state index is 0.0965. The highest BCUT2D eigenvalue weighted by Gasteiger charge is 2.66. The standard InChI is InChI=1S/C40H47BN2/c1-24-18-29-36-31(19-24)41-30-15-11-14-28-35(30)42(39(5)17-10-9-16-37(28,39)3)32-20-25(2)21-33(34(32)41)43(36)40(6)23-27-13-8-7-12-26(27)22-38(29,40)4/h11,14-15,18-21,26-27H,7-10,12-13,16-17,22-23H2,1-6H3. The highest BCUT2D eigenvalue weighted by molar-refractivity contribution is 7.00. The molecule has 0 radical (unpaired) electrons. The molecule has 43 heavy (non-hydrogen) atoms. The van der Waals surface area contributed by atoms with E-state index < -0.39 is 0 Å². The van der Waals surface area contributed by atoms with Crippen molar-refractivity contribution in [3.05, 3.63) is 64.7 Å². The summed E-state index contributed by atoms with van der Waals surface area (Å²) < 4.78 is 0. The van der Waals surface area contributed by atoms with Crippen molar-refractivity contribution in [2.45, 2.75) is 128 Å². The van der Waals surface area contributed by atoms with Crippen LogP contribution in [0.3, 0.4) is 0 Å². The highest BCUT2D eigenvalue weighted by atomic mass is 15.3. The second-order valence-corrected chi connectivity index (χ2v) is 16.9. The van der Waals surface area contributed by atoms with Gasteiger partial charge in [0.15, 0.2) is 0 Å². The first-order valence-electron chi connectivity index (χ1n) is 17.6. The van der Waals surface area contributed by atoms with Gasteiger partial charge < -0.3 is 9.80 Å². The third-order valence-corrected chi connectivity index (χ3v) is 15.0. The van der Waals surface area contributed by atoms with Crippen molar-refractivity contribution in [1.29, 1.82) is 0 Å². The molecule has 0 saturated heterocycles. The van der Waals surface area contributed by atoms with E-state index in [4.69, 9.17) is 0 Å². The van der Waals surface area contributed by atoms with Gasteiger partial charge in [-0.25, -0.2) is 0 Å². The van der Waals surface area contributed by atoms with Crippen LogP contribution < -0.4 is 26.2 Å². The van der Waals surface area contributed by atoms with Gasteiger partial charge in [0.25, 0.3) is 6.71 Å². The molecule has 0 spiro atoms. The molecule has 3 aromatic carbocycles. The average Bonchev–Trinajstić information content (AvgIpc) is 3.31. The Bertz CT molecular complexity index is 1770. The van der Waals surface area contributed by atoms with Gasteiger partial charge in [-0.15, -0.1) is 0 Å². The zero-order valence-corrected chi connectivity index (χ0v) is 27.2. The van der Waals surface area contributed by atoms with E-state index in [9.17, 15) is 0 Å². The van der Waals surface area contributed by atoms with Gasteiger partial charge >= 0.3 is 0 Å². The molecule has 10 rings (SSSR count). The fourth-order valence-corrected chi connectivity index (χ4v) is 12.7. The summed E-state index contributed by atoms with van der Waals surface area (Å²) in [4.78, 5) is 5.86. The molecule has 4 heterocycles. The lowest BCUT2D eigenvalue weighted by molar-refractivity contribution is 0.0581. The number of para-hydroxylation sites is 1. The van der Waals surface area contributed by atoms with Gasteiger partial charge in [0.1, 0.15) is 0 Å². The van der Waals surface area contributed by atoms with Crippen LogP contribution in [-0.4, -0.2) is 17.8 Å². The lowest BCUT2D eigenvalue weighted by Crippen LogP contribution is -2.67. The fraction of sp³-hybridized carbons (Fsp3) is 0.550. The monoisotopic (exact) mass is 566 g/mol. The predicted octanol–water partition coefficient (Wildman–Crippen LogP) is 7.96. The van der Waals surface area contributed by atoms with E-state index in [0.29, 0.717) is 6.71 Å². The normalized spacial score (nSPS) is 37.3. The number of aryl methyl sites for hydroxylation is 2. The Kier molecular flexibility index (Phi) is 4.62. The molecule has 2 nitrogen and oxygen atoms in total.